The van der Waals surface area contributed by atoms with Gasteiger partial charge in [0.2, 0.25) is 0 Å². The molecule has 1 saturated heterocycles. The second kappa shape index (κ2) is 12.1. The summed E-state index contributed by atoms with van der Waals surface area (Å²) in [4.78, 5) is 16.1. The van der Waals surface area contributed by atoms with E-state index in [2.05, 4.69) is 49.3 Å². The first-order valence-corrected chi connectivity index (χ1v) is 11.6. The lowest BCUT2D eigenvalue weighted by molar-refractivity contribution is -0.895. The fraction of sp³-hybridized carbons (Fsp3) is 0.652. The minimum absolute atomic E-state index is 0.0876. The first kappa shape index (κ1) is 23.6. The van der Waals surface area contributed by atoms with Crippen LogP contribution in [-0.2, 0) is 4.79 Å². The van der Waals surface area contributed by atoms with Gasteiger partial charge in [-0.15, -0.1) is 0 Å². The molecular formula is C23H39N4OS+. The molecule has 1 aliphatic rings. The van der Waals surface area contributed by atoms with Crippen LogP contribution in [0.15, 0.2) is 18.2 Å². The number of piperazine rings is 1. The van der Waals surface area contributed by atoms with Crippen molar-refractivity contribution in [3.63, 3.8) is 0 Å². The van der Waals surface area contributed by atoms with Crippen molar-refractivity contribution in [3.8, 4) is 0 Å². The predicted molar refractivity (Wildman–Crippen MR) is 126 cm³/mol. The number of unbranched alkanes of at least 4 members (excludes halogenated alkanes) is 1. The van der Waals surface area contributed by atoms with Crippen LogP contribution >= 0.6 is 12.2 Å². The molecule has 0 radical (unpaired) electrons. The third kappa shape index (κ3) is 7.59. The number of carbonyl (C=O) groups excluding carboxylic acids is 1. The SMILES string of the molecule is CCCC[C@H](CC)CNC(=S)N1CC[NH+](CC(=O)Nc2cccc(C)c2C)CC1. The van der Waals surface area contributed by atoms with Gasteiger partial charge in [0.05, 0.1) is 26.2 Å². The normalized spacial score (nSPS) is 15.8. The average molecular weight is 420 g/mol. The van der Waals surface area contributed by atoms with Crippen molar-refractivity contribution in [2.75, 3.05) is 44.6 Å². The number of hydrogen-bond donors (Lipinski definition) is 3. The molecule has 6 heteroatoms. The Morgan fingerprint density at radius 2 is 1.97 bits per heavy atom. The fourth-order valence-corrected chi connectivity index (χ4v) is 4.06. The third-order valence-electron chi connectivity index (χ3n) is 6.13. The van der Waals surface area contributed by atoms with Gasteiger partial charge in [-0.05, 0) is 55.6 Å². The number of benzene rings is 1. The van der Waals surface area contributed by atoms with Crippen LogP contribution in [0.5, 0.6) is 0 Å². The predicted octanol–water partition coefficient (Wildman–Crippen LogP) is 2.53. The summed E-state index contributed by atoms with van der Waals surface area (Å²) >= 11 is 5.62. The summed E-state index contributed by atoms with van der Waals surface area (Å²) in [5.41, 5.74) is 3.26. The van der Waals surface area contributed by atoms with E-state index in [0.29, 0.717) is 12.5 Å². The van der Waals surface area contributed by atoms with Crippen LogP contribution in [0, 0.1) is 19.8 Å². The molecule has 1 heterocycles. The van der Waals surface area contributed by atoms with Gasteiger partial charge in [0.15, 0.2) is 11.7 Å². The Hall–Kier alpha value is -1.66. The Labute approximate surface area is 182 Å². The number of anilines is 1. The maximum atomic E-state index is 12.5. The van der Waals surface area contributed by atoms with Crippen molar-refractivity contribution in [3.05, 3.63) is 29.3 Å². The summed E-state index contributed by atoms with van der Waals surface area (Å²) in [5.74, 6) is 0.790. The molecule has 0 spiro atoms. The Bertz CT molecular complexity index is 671. The lowest BCUT2D eigenvalue weighted by Crippen LogP contribution is -3.15. The van der Waals surface area contributed by atoms with Gasteiger partial charge in [-0.3, -0.25) is 4.79 Å². The Kier molecular flexibility index (Phi) is 9.88. The van der Waals surface area contributed by atoms with Gasteiger partial charge in [0.1, 0.15) is 0 Å². The number of nitrogens with one attached hydrogen (secondary N) is 3. The Morgan fingerprint density at radius 3 is 2.62 bits per heavy atom. The third-order valence-corrected chi connectivity index (χ3v) is 6.53. The van der Waals surface area contributed by atoms with E-state index in [1.807, 2.05) is 12.1 Å². The van der Waals surface area contributed by atoms with Gasteiger partial charge in [-0.2, -0.15) is 0 Å². The molecule has 0 unspecified atom stereocenters. The van der Waals surface area contributed by atoms with Crippen LogP contribution in [-0.4, -0.2) is 55.2 Å². The highest BCUT2D eigenvalue weighted by Gasteiger charge is 2.24. The highest BCUT2D eigenvalue weighted by molar-refractivity contribution is 7.80. The number of quaternary nitrogens is 1. The van der Waals surface area contributed by atoms with E-state index < -0.39 is 0 Å². The van der Waals surface area contributed by atoms with Crippen LogP contribution in [0.3, 0.4) is 0 Å². The van der Waals surface area contributed by atoms with Crippen LogP contribution in [0.1, 0.15) is 50.7 Å². The number of nitrogens with zero attached hydrogens (tertiary/aromatic N) is 1. The molecule has 1 fully saturated rings. The van der Waals surface area contributed by atoms with Gasteiger partial charge in [-0.1, -0.05) is 45.2 Å². The van der Waals surface area contributed by atoms with Crippen molar-refractivity contribution < 1.29 is 9.69 Å². The summed E-state index contributed by atoms with van der Waals surface area (Å²) in [6.45, 7) is 13.8. The number of thiocarbonyl (C=S) groups is 1. The smallest absolute Gasteiger partial charge is 0.279 e. The molecule has 1 amide bonds. The molecule has 3 N–H and O–H groups in total. The summed E-state index contributed by atoms with van der Waals surface area (Å²) in [7, 11) is 0. The molecule has 2 rings (SSSR count). The van der Waals surface area contributed by atoms with Crippen molar-refractivity contribution in [2.45, 2.75) is 53.4 Å². The van der Waals surface area contributed by atoms with E-state index in [4.69, 9.17) is 12.2 Å². The molecule has 1 aliphatic heterocycles. The second-order valence-corrected chi connectivity index (χ2v) is 8.70. The molecule has 1 atom stereocenters. The largest absolute Gasteiger partial charge is 0.362 e. The summed E-state index contributed by atoms with van der Waals surface area (Å²) in [6.07, 6.45) is 5.01. The van der Waals surface area contributed by atoms with Gasteiger partial charge in [0, 0.05) is 12.2 Å². The molecule has 5 nitrogen and oxygen atoms in total. The highest BCUT2D eigenvalue weighted by Crippen LogP contribution is 2.17. The Morgan fingerprint density at radius 1 is 1.24 bits per heavy atom. The van der Waals surface area contributed by atoms with Gasteiger partial charge >= 0.3 is 0 Å². The van der Waals surface area contributed by atoms with Gasteiger partial charge in [0.25, 0.3) is 5.91 Å². The van der Waals surface area contributed by atoms with E-state index >= 15 is 0 Å². The number of aryl methyl sites for hydroxylation is 1. The zero-order valence-electron chi connectivity index (χ0n) is 18.6. The maximum absolute atomic E-state index is 12.5. The summed E-state index contributed by atoms with van der Waals surface area (Å²) in [5, 5.41) is 7.43. The van der Waals surface area contributed by atoms with Crippen molar-refractivity contribution in [2.24, 2.45) is 5.92 Å². The zero-order chi connectivity index (χ0) is 21.2. The molecule has 29 heavy (non-hydrogen) atoms. The number of carbonyl (C=O) groups is 1. The molecule has 0 aromatic heterocycles. The quantitative estimate of drug-likeness (QED) is 0.539. The second-order valence-electron chi connectivity index (χ2n) is 8.31. The van der Waals surface area contributed by atoms with E-state index in [0.717, 1.165) is 49.1 Å². The Balaban J connectivity index is 1.72. The molecule has 0 bridgehead atoms. The molecule has 162 valence electrons. The highest BCUT2D eigenvalue weighted by atomic mass is 32.1. The van der Waals surface area contributed by atoms with Crippen LogP contribution < -0.4 is 15.5 Å². The summed E-state index contributed by atoms with van der Waals surface area (Å²) in [6, 6.07) is 6.03. The van der Waals surface area contributed by atoms with E-state index in [-0.39, 0.29) is 5.91 Å². The maximum Gasteiger partial charge on any atom is 0.279 e. The molecule has 0 aliphatic carbocycles. The standard InChI is InChI=1S/C23H38N4OS/c1-5-7-10-20(6-2)16-24-23(29)27-14-12-26(13-15-27)17-22(28)25-21-11-8-9-18(3)19(21)4/h8-9,11,20H,5-7,10,12-17H2,1-4H3,(H,24,29)(H,25,28)/p+1/t20-/m0/s1. The fourth-order valence-electron chi connectivity index (χ4n) is 3.80. The lowest BCUT2D eigenvalue weighted by atomic mass is 9.99. The van der Waals surface area contributed by atoms with E-state index in [1.54, 1.807) is 0 Å². The first-order chi connectivity index (χ1) is 13.9. The van der Waals surface area contributed by atoms with E-state index in [1.165, 1.54) is 36.1 Å². The minimum atomic E-state index is 0.0876. The average Bonchev–Trinajstić information content (AvgIpc) is 2.72. The van der Waals surface area contributed by atoms with Crippen LogP contribution in [0.25, 0.3) is 0 Å². The number of rotatable bonds is 9. The topological polar surface area (TPSA) is 48.8 Å². The van der Waals surface area contributed by atoms with Crippen molar-refractivity contribution in [1.82, 2.24) is 10.2 Å². The number of amides is 1. The summed E-state index contributed by atoms with van der Waals surface area (Å²) < 4.78 is 0. The molecular weight excluding hydrogens is 380 g/mol. The molecule has 1 aromatic rings. The van der Waals surface area contributed by atoms with Crippen molar-refractivity contribution in [1.29, 1.82) is 0 Å². The monoisotopic (exact) mass is 419 g/mol. The van der Waals surface area contributed by atoms with Gasteiger partial charge in [-0.25, -0.2) is 0 Å². The van der Waals surface area contributed by atoms with Crippen LogP contribution in [0.2, 0.25) is 0 Å². The lowest BCUT2D eigenvalue weighted by Gasteiger charge is -2.34. The van der Waals surface area contributed by atoms with Gasteiger partial charge < -0.3 is 20.4 Å². The van der Waals surface area contributed by atoms with E-state index in [9.17, 15) is 4.79 Å². The minimum Gasteiger partial charge on any atom is -0.362 e. The molecule has 0 saturated carbocycles. The van der Waals surface area contributed by atoms with Crippen LogP contribution in [0.4, 0.5) is 5.69 Å². The van der Waals surface area contributed by atoms with Crippen molar-refractivity contribution >= 4 is 28.9 Å². The molecule has 1 aromatic carbocycles. The first-order valence-electron chi connectivity index (χ1n) is 11.2. The zero-order valence-corrected chi connectivity index (χ0v) is 19.5. The number of hydrogen-bond acceptors (Lipinski definition) is 2.